The highest BCUT2D eigenvalue weighted by Gasteiger charge is 2.29. The maximum Gasteiger partial charge on any atom is 0.0121 e. The Balaban J connectivity index is 0.00000162. The van der Waals surface area contributed by atoms with Gasteiger partial charge in [-0.15, -0.1) is 12.4 Å². The normalized spacial score (nSPS) is 31.0. The van der Waals surface area contributed by atoms with Gasteiger partial charge in [0.05, 0.1) is 0 Å². The lowest BCUT2D eigenvalue weighted by atomic mass is 9.86. The fourth-order valence-corrected chi connectivity index (χ4v) is 3.72. The molecule has 0 bridgehead atoms. The summed E-state index contributed by atoms with van der Waals surface area (Å²) < 4.78 is 0. The molecule has 0 spiro atoms. The molecule has 0 amide bonds. The zero-order valence-electron chi connectivity index (χ0n) is 12.2. The summed E-state index contributed by atoms with van der Waals surface area (Å²) in [6, 6.07) is 0.878. The highest BCUT2D eigenvalue weighted by Crippen LogP contribution is 2.28. The van der Waals surface area contributed by atoms with Gasteiger partial charge in [0.25, 0.3) is 0 Å². The number of nitrogens with one attached hydrogen (secondary N) is 1. The molecule has 2 rings (SSSR count). The van der Waals surface area contributed by atoms with Crippen LogP contribution in [0.5, 0.6) is 0 Å². The largest absolute Gasteiger partial charge is 0.317 e. The second kappa shape index (κ2) is 8.39. The van der Waals surface area contributed by atoms with Crippen LogP contribution in [0.1, 0.15) is 52.4 Å². The van der Waals surface area contributed by atoms with Gasteiger partial charge in [-0.2, -0.15) is 0 Å². The molecule has 2 heterocycles. The fourth-order valence-electron chi connectivity index (χ4n) is 3.72. The van der Waals surface area contributed by atoms with Crippen molar-refractivity contribution in [3.05, 3.63) is 0 Å². The van der Waals surface area contributed by atoms with E-state index < -0.39 is 0 Å². The van der Waals surface area contributed by atoms with E-state index in [1.54, 1.807) is 0 Å². The van der Waals surface area contributed by atoms with E-state index in [2.05, 4.69) is 24.1 Å². The van der Waals surface area contributed by atoms with Crippen LogP contribution in [0.25, 0.3) is 0 Å². The monoisotopic (exact) mass is 274 g/mol. The molecule has 2 nitrogen and oxygen atoms in total. The Bertz CT molecular complexity index is 217. The number of piperidine rings is 2. The summed E-state index contributed by atoms with van der Waals surface area (Å²) in [6.45, 7) is 10.0. The molecular weight excluding hydrogens is 244 g/mol. The molecule has 18 heavy (non-hydrogen) atoms. The third-order valence-corrected chi connectivity index (χ3v) is 4.77. The smallest absolute Gasteiger partial charge is 0.0121 e. The predicted octanol–water partition coefficient (Wildman–Crippen LogP) is 3.31. The SMILES string of the molecule is CCCC1C(C)CCCN1CC1CCNCC1.Cl. The first-order valence-electron chi connectivity index (χ1n) is 7.76. The van der Waals surface area contributed by atoms with E-state index in [9.17, 15) is 0 Å². The van der Waals surface area contributed by atoms with Crippen molar-refractivity contribution in [3.63, 3.8) is 0 Å². The molecule has 1 N–H and O–H groups in total. The van der Waals surface area contributed by atoms with Gasteiger partial charge in [-0.25, -0.2) is 0 Å². The molecule has 2 fully saturated rings. The number of nitrogens with zero attached hydrogens (tertiary/aromatic N) is 1. The fraction of sp³-hybridized carbons (Fsp3) is 1.00. The Kier molecular flexibility index (Phi) is 7.59. The summed E-state index contributed by atoms with van der Waals surface area (Å²) in [4.78, 5) is 2.83. The van der Waals surface area contributed by atoms with Crippen molar-refractivity contribution in [3.8, 4) is 0 Å². The summed E-state index contributed by atoms with van der Waals surface area (Å²) in [5, 5.41) is 3.48. The van der Waals surface area contributed by atoms with Crippen LogP contribution in [0.15, 0.2) is 0 Å². The topological polar surface area (TPSA) is 15.3 Å². The first kappa shape index (κ1) is 16.3. The standard InChI is InChI=1S/C15H30N2.ClH/c1-3-5-15-13(2)6-4-11-17(15)12-14-7-9-16-10-8-14;/h13-16H,3-12H2,1-2H3;1H. The minimum atomic E-state index is 0. The third kappa shape index (κ3) is 4.40. The molecular formula is C15H31ClN2. The van der Waals surface area contributed by atoms with Crippen molar-refractivity contribution in [1.29, 1.82) is 0 Å². The van der Waals surface area contributed by atoms with Crippen LogP contribution in [0.4, 0.5) is 0 Å². The Morgan fingerprint density at radius 2 is 1.89 bits per heavy atom. The molecule has 2 aliphatic rings. The molecule has 108 valence electrons. The molecule has 0 saturated carbocycles. The first-order chi connectivity index (χ1) is 8.31. The highest BCUT2D eigenvalue weighted by molar-refractivity contribution is 5.85. The second-order valence-electron chi connectivity index (χ2n) is 6.16. The lowest BCUT2D eigenvalue weighted by molar-refractivity contribution is 0.0711. The number of halogens is 1. The third-order valence-electron chi connectivity index (χ3n) is 4.77. The maximum atomic E-state index is 3.48. The van der Waals surface area contributed by atoms with Gasteiger partial charge in [0, 0.05) is 12.6 Å². The van der Waals surface area contributed by atoms with Crippen LogP contribution in [0.2, 0.25) is 0 Å². The number of hydrogen-bond acceptors (Lipinski definition) is 2. The number of hydrogen-bond donors (Lipinski definition) is 1. The van der Waals surface area contributed by atoms with E-state index in [1.165, 1.54) is 64.7 Å². The minimum Gasteiger partial charge on any atom is -0.317 e. The quantitative estimate of drug-likeness (QED) is 0.846. The lowest BCUT2D eigenvalue weighted by Crippen LogP contribution is -2.47. The Labute approximate surface area is 119 Å². The van der Waals surface area contributed by atoms with E-state index in [0.29, 0.717) is 0 Å². The van der Waals surface area contributed by atoms with Crippen LogP contribution >= 0.6 is 12.4 Å². The van der Waals surface area contributed by atoms with Gasteiger partial charge in [-0.1, -0.05) is 20.3 Å². The van der Waals surface area contributed by atoms with Crippen LogP contribution in [0.3, 0.4) is 0 Å². The Morgan fingerprint density at radius 3 is 2.56 bits per heavy atom. The molecule has 0 radical (unpaired) electrons. The average Bonchev–Trinajstić information content (AvgIpc) is 2.35. The van der Waals surface area contributed by atoms with E-state index in [4.69, 9.17) is 0 Å². The molecule has 0 aliphatic carbocycles. The maximum absolute atomic E-state index is 3.48. The molecule has 0 aromatic rings. The van der Waals surface area contributed by atoms with Gasteiger partial charge in [-0.3, -0.25) is 4.90 Å². The van der Waals surface area contributed by atoms with Crippen molar-refractivity contribution in [2.75, 3.05) is 26.2 Å². The predicted molar refractivity (Wildman–Crippen MR) is 81.5 cm³/mol. The highest BCUT2D eigenvalue weighted by atomic mass is 35.5. The van der Waals surface area contributed by atoms with Crippen molar-refractivity contribution in [1.82, 2.24) is 10.2 Å². The zero-order chi connectivity index (χ0) is 12.1. The zero-order valence-corrected chi connectivity index (χ0v) is 13.0. The number of likely N-dealkylation sites (tertiary alicyclic amines) is 1. The molecule has 3 heteroatoms. The van der Waals surface area contributed by atoms with Crippen LogP contribution in [0, 0.1) is 11.8 Å². The van der Waals surface area contributed by atoms with E-state index >= 15 is 0 Å². The van der Waals surface area contributed by atoms with E-state index in [-0.39, 0.29) is 12.4 Å². The molecule has 2 atom stereocenters. The summed E-state index contributed by atoms with van der Waals surface area (Å²) in [6.07, 6.45) is 8.41. The van der Waals surface area contributed by atoms with Crippen LogP contribution in [-0.2, 0) is 0 Å². The van der Waals surface area contributed by atoms with Crippen LogP contribution < -0.4 is 5.32 Å². The molecule has 2 saturated heterocycles. The van der Waals surface area contributed by atoms with Crippen LogP contribution in [-0.4, -0.2) is 37.1 Å². The lowest BCUT2D eigenvalue weighted by Gasteiger charge is -2.42. The molecule has 0 aromatic carbocycles. The van der Waals surface area contributed by atoms with Crippen molar-refractivity contribution in [2.24, 2.45) is 11.8 Å². The van der Waals surface area contributed by atoms with Gasteiger partial charge < -0.3 is 5.32 Å². The summed E-state index contributed by atoms with van der Waals surface area (Å²) in [5.74, 6) is 1.88. The van der Waals surface area contributed by atoms with Crippen molar-refractivity contribution in [2.45, 2.75) is 58.4 Å². The minimum absolute atomic E-state index is 0. The Hall–Kier alpha value is 0.210. The summed E-state index contributed by atoms with van der Waals surface area (Å²) in [5.41, 5.74) is 0. The van der Waals surface area contributed by atoms with Gasteiger partial charge in [-0.05, 0) is 63.6 Å². The average molecular weight is 275 g/mol. The number of rotatable bonds is 4. The van der Waals surface area contributed by atoms with Crippen molar-refractivity contribution >= 4 is 12.4 Å². The molecule has 0 aromatic heterocycles. The van der Waals surface area contributed by atoms with E-state index in [1.807, 2.05) is 0 Å². The Morgan fingerprint density at radius 1 is 1.17 bits per heavy atom. The van der Waals surface area contributed by atoms with Gasteiger partial charge in [0.15, 0.2) is 0 Å². The summed E-state index contributed by atoms with van der Waals surface area (Å²) in [7, 11) is 0. The van der Waals surface area contributed by atoms with E-state index in [0.717, 1.165) is 17.9 Å². The molecule has 2 aliphatic heterocycles. The van der Waals surface area contributed by atoms with Gasteiger partial charge >= 0.3 is 0 Å². The molecule has 2 unspecified atom stereocenters. The summed E-state index contributed by atoms with van der Waals surface area (Å²) >= 11 is 0. The first-order valence-corrected chi connectivity index (χ1v) is 7.76. The van der Waals surface area contributed by atoms with Gasteiger partial charge in [0.1, 0.15) is 0 Å². The second-order valence-corrected chi connectivity index (χ2v) is 6.16. The van der Waals surface area contributed by atoms with Gasteiger partial charge in [0.2, 0.25) is 0 Å². The van der Waals surface area contributed by atoms with Crippen molar-refractivity contribution < 1.29 is 0 Å².